The molecule has 0 saturated heterocycles. The summed E-state index contributed by atoms with van der Waals surface area (Å²) in [6.45, 7) is 9.48. The average molecular weight is 234 g/mol. The number of anilines is 1. The van der Waals surface area contributed by atoms with Gasteiger partial charge in [-0.2, -0.15) is 0 Å². The van der Waals surface area contributed by atoms with Crippen LogP contribution in [-0.2, 0) is 0 Å². The summed E-state index contributed by atoms with van der Waals surface area (Å²) in [7, 11) is 2.12. The monoisotopic (exact) mass is 234 g/mol. The van der Waals surface area contributed by atoms with Crippen molar-refractivity contribution in [3.05, 3.63) is 29.3 Å². The first-order valence-corrected chi connectivity index (χ1v) is 6.42. The predicted molar refractivity (Wildman–Crippen MR) is 76.7 cm³/mol. The van der Waals surface area contributed by atoms with Crippen LogP contribution in [0, 0.1) is 13.8 Å². The van der Waals surface area contributed by atoms with Crippen LogP contribution in [0.1, 0.15) is 37.8 Å². The van der Waals surface area contributed by atoms with Gasteiger partial charge in [-0.05, 0) is 50.5 Å². The molecular weight excluding hydrogens is 208 g/mol. The molecule has 0 heterocycles. The van der Waals surface area contributed by atoms with E-state index < -0.39 is 0 Å². The van der Waals surface area contributed by atoms with Gasteiger partial charge < -0.3 is 10.6 Å². The summed E-state index contributed by atoms with van der Waals surface area (Å²) in [6, 6.07) is 6.63. The second-order valence-corrected chi connectivity index (χ2v) is 5.61. The van der Waals surface area contributed by atoms with Crippen molar-refractivity contribution < 1.29 is 0 Å². The van der Waals surface area contributed by atoms with E-state index in [9.17, 15) is 0 Å². The second kappa shape index (κ2) is 5.54. The maximum absolute atomic E-state index is 6.30. The summed E-state index contributed by atoms with van der Waals surface area (Å²) in [4.78, 5) is 2.26. The number of nitrogens with two attached hydrogens (primary N) is 1. The number of hydrogen-bond acceptors (Lipinski definition) is 2. The van der Waals surface area contributed by atoms with E-state index in [1.165, 1.54) is 16.8 Å². The fourth-order valence-electron chi connectivity index (χ4n) is 2.45. The van der Waals surface area contributed by atoms with Crippen LogP contribution in [0.5, 0.6) is 0 Å². The number of benzene rings is 1. The van der Waals surface area contributed by atoms with Crippen molar-refractivity contribution in [1.82, 2.24) is 0 Å². The lowest BCUT2D eigenvalue weighted by molar-refractivity contribution is 0.430. The third-order valence-corrected chi connectivity index (χ3v) is 3.07. The fourth-order valence-corrected chi connectivity index (χ4v) is 2.45. The first-order valence-electron chi connectivity index (χ1n) is 6.42. The van der Waals surface area contributed by atoms with E-state index in [2.05, 4.69) is 57.8 Å². The van der Waals surface area contributed by atoms with Crippen LogP contribution >= 0.6 is 0 Å². The molecule has 17 heavy (non-hydrogen) atoms. The third-order valence-electron chi connectivity index (χ3n) is 3.07. The molecule has 2 heteroatoms. The van der Waals surface area contributed by atoms with Gasteiger partial charge in [-0.15, -0.1) is 0 Å². The molecule has 0 spiro atoms. The Morgan fingerprint density at radius 3 is 2.18 bits per heavy atom. The normalized spacial score (nSPS) is 14.5. The Kier molecular flexibility index (Phi) is 4.58. The number of aryl methyl sites for hydroxylation is 2. The molecule has 2 N–H and O–H groups in total. The Morgan fingerprint density at radius 1 is 1.18 bits per heavy atom. The van der Waals surface area contributed by atoms with Crippen molar-refractivity contribution >= 4 is 5.69 Å². The second-order valence-electron chi connectivity index (χ2n) is 5.61. The average Bonchev–Trinajstić information content (AvgIpc) is 2.14. The minimum absolute atomic E-state index is 0.110. The molecular formula is C15H26N2. The summed E-state index contributed by atoms with van der Waals surface area (Å²) >= 11 is 0. The number of likely N-dealkylation sites (N-methyl/N-ethyl adjacent to an activating group) is 1. The quantitative estimate of drug-likeness (QED) is 0.847. The van der Waals surface area contributed by atoms with Crippen molar-refractivity contribution in [3.8, 4) is 0 Å². The number of nitrogens with zero attached hydrogens (tertiary/aromatic N) is 1. The van der Waals surface area contributed by atoms with Gasteiger partial charge in [0.25, 0.3) is 0 Å². The van der Waals surface area contributed by atoms with Crippen LogP contribution in [0.4, 0.5) is 5.69 Å². The van der Waals surface area contributed by atoms with Gasteiger partial charge in [-0.25, -0.2) is 0 Å². The Balaban J connectivity index is 2.79. The van der Waals surface area contributed by atoms with Gasteiger partial charge in [0, 0.05) is 24.8 Å². The van der Waals surface area contributed by atoms with Crippen molar-refractivity contribution in [1.29, 1.82) is 0 Å². The van der Waals surface area contributed by atoms with Gasteiger partial charge in [0.1, 0.15) is 0 Å². The van der Waals surface area contributed by atoms with Crippen molar-refractivity contribution in [2.24, 2.45) is 5.73 Å². The van der Waals surface area contributed by atoms with Crippen LogP contribution < -0.4 is 10.6 Å². The first kappa shape index (κ1) is 14.0. The molecule has 1 aromatic rings. The van der Waals surface area contributed by atoms with Crippen LogP contribution in [0.25, 0.3) is 0 Å². The lowest BCUT2D eigenvalue weighted by atomic mass is 9.96. The Hall–Kier alpha value is -1.02. The van der Waals surface area contributed by atoms with Gasteiger partial charge in [-0.1, -0.05) is 19.4 Å². The first-order chi connectivity index (χ1) is 7.84. The molecule has 1 rings (SSSR count). The van der Waals surface area contributed by atoms with Crippen molar-refractivity contribution in [3.63, 3.8) is 0 Å². The van der Waals surface area contributed by atoms with E-state index in [-0.39, 0.29) is 5.54 Å². The van der Waals surface area contributed by atoms with E-state index in [0.717, 1.165) is 19.4 Å². The van der Waals surface area contributed by atoms with E-state index >= 15 is 0 Å². The van der Waals surface area contributed by atoms with Crippen molar-refractivity contribution in [2.75, 3.05) is 18.5 Å². The molecule has 2 nitrogen and oxygen atoms in total. The molecule has 0 radical (unpaired) electrons. The van der Waals surface area contributed by atoms with E-state index in [4.69, 9.17) is 5.73 Å². The molecule has 0 fully saturated rings. The Labute approximate surface area is 106 Å². The van der Waals surface area contributed by atoms with Crippen LogP contribution in [0.15, 0.2) is 18.2 Å². The fraction of sp³-hybridized carbons (Fsp3) is 0.600. The van der Waals surface area contributed by atoms with E-state index in [0.29, 0.717) is 0 Å². The molecule has 0 saturated carbocycles. The molecule has 0 aliphatic rings. The van der Waals surface area contributed by atoms with Gasteiger partial charge in [0.05, 0.1) is 0 Å². The van der Waals surface area contributed by atoms with Gasteiger partial charge >= 0.3 is 0 Å². The molecule has 0 bridgehead atoms. The highest BCUT2D eigenvalue weighted by molar-refractivity contribution is 5.50. The summed E-state index contributed by atoms with van der Waals surface area (Å²) in [5.74, 6) is 0. The minimum Gasteiger partial charge on any atom is -0.373 e. The molecule has 1 atom stereocenters. The van der Waals surface area contributed by atoms with Crippen molar-refractivity contribution in [2.45, 2.75) is 46.1 Å². The Morgan fingerprint density at radius 2 is 1.71 bits per heavy atom. The molecule has 0 aliphatic carbocycles. The lowest BCUT2D eigenvalue weighted by Crippen LogP contribution is -2.46. The topological polar surface area (TPSA) is 29.3 Å². The zero-order chi connectivity index (χ0) is 13.1. The predicted octanol–water partition coefficient (Wildman–Crippen LogP) is 3.26. The third kappa shape index (κ3) is 4.39. The molecule has 0 aliphatic heterocycles. The molecule has 1 aromatic carbocycles. The minimum atomic E-state index is -0.110. The molecule has 96 valence electrons. The lowest BCUT2D eigenvalue weighted by Gasteiger charge is -2.31. The maximum atomic E-state index is 6.30. The zero-order valence-corrected chi connectivity index (χ0v) is 11.9. The number of rotatable bonds is 5. The molecule has 0 amide bonds. The van der Waals surface area contributed by atoms with Crippen LogP contribution in [-0.4, -0.2) is 19.1 Å². The molecule has 1 unspecified atom stereocenters. The smallest absolute Gasteiger partial charge is 0.0369 e. The van der Waals surface area contributed by atoms with Crippen LogP contribution in [0.2, 0.25) is 0 Å². The standard InChI is InChI=1S/C15H26N2/c1-6-7-15(4,16)11-17(5)14-9-12(2)8-13(3)10-14/h8-10H,6-7,11,16H2,1-5H3. The highest BCUT2D eigenvalue weighted by Crippen LogP contribution is 2.20. The summed E-state index contributed by atoms with van der Waals surface area (Å²) in [5.41, 5.74) is 10.1. The largest absolute Gasteiger partial charge is 0.373 e. The summed E-state index contributed by atoms with van der Waals surface area (Å²) in [5, 5.41) is 0. The van der Waals surface area contributed by atoms with Gasteiger partial charge in [0.15, 0.2) is 0 Å². The zero-order valence-electron chi connectivity index (χ0n) is 11.9. The highest BCUT2D eigenvalue weighted by atomic mass is 15.1. The Bertz CT molecular complexity index is 349. The van der Waals surface area contributed by atoms with E-state index in [1.807, 2.05) is 0 Å². The summed E-state index contributed by atoms with van der Waals surface area (Å²) in [6.07, 6.45) is 2.19. The molecule has 0 aromatic heterocycles. The highest BCUT2D eigenvalue weighted by Gasteiger charge is 2.19. The SMILES string of the molecule is CCCC(C)(N)CN(C)c1cc(C)cc(C)c1. The maximum Gasteiger partial charge on any atom is 0.0369 e. The number of hydrogen-bond donors (Lipinski definition) is 1. The van der Waals surface area contributed by atoms with Gasteiger partial charge in [-0.3, -0.25) is 0 Å². The summed E-state index contributed by atoms with van der Waals surface area (Å²) < 4.78 is 0. The van der Waals surface area contributed by atoms with Crippen LogP contribution in [0.3, 0.4) is 0 Å². The van der Waals surface area contributed by atoms with Gasteiger partial charge in [0.2, 0.25) is 0 Å². The van der Waals surface area contributed by atoms with E-state index in [1.54, 1.807) is 0 Å².